The van der Waals surface area contributed by atoms with Crippen molar-refractivity contribution in [3.05, 3.63) is 72.7 Å². The van der Waals surface area contributed by atoms with Crippen molar-refractivity contribution in [3.8, 4) is 0 Å². The number of carbonyl (C=O) groups is 2. The molecule has 0 bridgehead atoms. The first-order valence-electron chi connectivity index (χ1n) is 9.53. The third kappa shape index (κ3) is 4.27. The van der Waals surface area contributed by atoms with Crippen molar-refractivity contribution in [2.45, 2.75) is 12.5 Å². The molecule has 2 aromatic carbocycles. The van der Waals surface area contributed by atoms with E-state index in [2.05, 4.69) is 27.2 Å². The molecule has 1 aliphatic rings. The van der Waals surface area contributed by atoms with Gasteiger partial charge in [-0.05, 0) is 55.0 Å². The topological polar surface area (TPSA) is 87.2 Å². The Bertz CT molecular complexity index is 1120. The molecule has 4 rings (SSSR count). The Labute approximate surface area is 172 Å². The van der Waals surface area contributed by atoms with Gasteiger partial charge in [-0.25, -0.2) is 14.4 Å². The molecule has 1 atom stereocenters. The van der Waals surface area contributed by atoms with Gasteiger partial charge in [-0.1, -0.05) is 6.58 Å². The highest BCUT2D eigenvalue weighted by Gasteiger charge is 2.27. The predicted molar refractivity (Wildman–Crippen MR) is 113 cm³/mol. The summed E-state index contributed by atoms with van der Waals surface area (Å²) in [6.45, 7) is 4.55. The van der Waals surface area contributed by atoms with Gasteiger partial charge in [-0.2, -0.15) is 0 Å². The average Bonchev–Trinajstić information content (AvgIpc) is 3.22. The largest absolute Gasteiger partial charge is 0.350 e. The van der Waals surface area contributed by atoms with Crippen LogP contribution in [0.1, 0.15) is 16.8 Å². The molecular formula is C22H20FN5O2. The summed E-state index contributed by atoms with van der Waals surface area (Å²) in [6, 6.07) is 11.1. The summed E-state index contributed by atoms with van der Waals surface area (Å²) in [4.78, 5) is 34.5. The Morgan fingerprint density at radius 3 is 2.77 bits per heavy atom. The average molecular weight is 405 g/mol. The van der Waals surface area contributed by atoms with Crippen molar-refractivity contribution >= 4 is 34.4 Å². The van der Waals surface area contributed by atoms with Gasteiger partial charge in [-0.15, -0.1) is 0 Å². The molecule has 1 aliphatic heterocycles. The fraction of sp³-hybridized carbons (Fsp3) is 0.182. The van der Waals surface area contributed by atoms with Crippen LogP contribution in [0.5, 0.6) is 0 Å². The van der Waals surface area contributed by atoms with E-state index in [0.29, 0.717) is 41.2 Å². The molecule has 0 radical (unpaired) electrons. The Hall–Kier alpha value is -3.81. The molecule has 30 heavy (non-hydrogen) atoms. The third-order valence-electron chi connectivity index (χ3n) is 4.94. The molecule has 3 aromatic rings. The molecule has 2 N–H and O–H groups in total. The minimum absolute atomic E-state index is 0.0259. The molecule has 1 aromatic heterocycles. The third-order valence-corrected chi connectivity index (χ3v) is 4.94. The standard InChI is InChI=1S/C22H20FN5O2/c1-2-20(29)25-17-6-3-14(4-7-17)21(30)28-10-9-18(13-28)26-22-24-12-15-11-16(23)5-8-19(15)27-22/h2-8,11-12,18H,1,9-10,13H2,(H,25,29)(H,24,26,27)/t18-/m1/s1. The zero-order chi connectivity index (χ0) is 21.1. The number of nitrogens with one attached hydrogen (secondary N) is 2. The number of nitrogens with zero attached hydrogens (tertiary/aromatic N) is 3. The second kappa shape index (κ2) is 8.28. The highest BCUT2D eigenvalue weighted by atomic mass is 19.1. The summed E-state index contributed by atoms with van der Waals surface area (Å²) in [7, 11) is 0. The first-order valence-corrected chi connectivity index (χ1v) is 9.53. The van der Waals surface area contributed by atoms with Crippen LogP contribution in [0.3, 0.4) is 0 Å². The number of carbonyl (C=O) groups excluding carboxylic acids is 2. The summed E-state index contributed by atoms with van der Waals surface area (Å²) in [5, 5.41) is 6.54. The van der Waals surface area contributed by atoms with E-state index in [0.717, 1.165) is 6.42 Å². The predicted octanol–water partition coefficient (Wildman–Crippen LogP) is 3.22. The van der Waals surface area contributed by atoms with Crippen molar-refractivity contribution in [2.24, 2.45) is 0 Å². The van der Waals surface area contributed by atoms with Gasteiger partial charge in [0.1, 0.15) is 5.82 Å². The maximum Gasteiger partial charge on any atom is 0.253 e. The van der Waals surface area contributed by atoms with Crippen molar-refractivity contribution in [1.82, 2.24) is 14.9 Å². The van der Waals surface area contributed by atoms with E-state index in [9.17, 15) is 14.0 Å². The zero-order valence-corrected chi connectivity index (χ0v) is 16.1. The summed E-state index contributed by atoms with van der Waals surface area (Å²) in [5.41, 5.74) is 1.81. The van der Waals surface area contributed by atoms with Crippen LogP contribution in [0, 0.1) is 5.82 Å². The number of amides is 2. The zero-order valence-electron chi connectivity index (χ0n) is 16.1. The van der Waals surface area contributed by atoms with Crippen LogP contribution in [0.4, 0.5) is 16.0 Å². The van der Waals surface area contributed by atoms with E-state index in [1.54, 1.807) is 41.4 Å². The van der Waals surface area contributed by atoms with Crippen LogP contribution in [0.2, 0.25) is 0 Å². The second-order valence-corrected chi connectivity index (χ2v) is 7.05. The van der Waals surface area contributed by atoms with Crippen LogP contribution in [-0.2, 0) is 4.79 Å². The van der Waals surface area contributed by atoms with Gasteiger partial charge in [0.25, 0.3) is 5.91 Å². The minimum Gasteiger partial charge on any atom is -0.350 e. The Balaban J connectivity index is 1.38. The molecular weight excluding hydrogens is 385 g/mol. The summed E-state index contributed by atoms with van der Waals surface area (Å²) in [6.07, 6.45) is 3.54. The lowest BCUT2D eigenvalue weighted by Gasteiger charge is -2.17. The highest BCUT2D eigenvalue weighted by Crippen LogP contribution is 2.19. The number of anilines is 2. The SMILES string of the molecule is C=CC(=O)Nc1ccc(C(=O)N2CC[C@@H](Nc3ncc4cc(F)ccc4n3)C2)cc1. The fourth-order valence-electron chi connectivity index (χ4n) is 3.39. The Kier molecular flexibility index (Phi) is 5.38. The number of aromatic nitrogens is 2. The van der Waals surface area contributed by atoms with Crippen molar-refractivity contribution in [2.75, 3.05) is 23.7 Å². The van der Waals surface area contributed by atoms with Gasteiger partial charge in [-0.3, -0.25) is 9.59 Å². The first kappa shape index (κ1) is 19.5. The van der Waals surface area contributed by atoms with E-state index in [1.807, 2.05) is 0 Å². The smallest absolute Gasteiger partial charge is 0.253 e. The summed E-state index contributed by atoms with van der Waals surface area (Å²) < 4.78 is 13.3. The molecule has 7 nitrogen and oxygen atoms in total. The van der Waals surface area contributed by atoms with Crippen molar-refractivity contribution in [3.63, 3.8) is 0 Å². The van der Waals surface area contributed by atoms with E-state index in [4.69, 9.17) is 0 Å². The molecule has 8 heteroatoms. The fourth-order valence-corrected chi connectivity index (χ4v) is 3.39. The molecule has 1 saturated heterocycles. The minimum atomic E-state index is -0.326. The lowest BCUT2D eigenvalue weighted by Crippen LogP contribution is -2.31. The normalized spacial score (nSPS) is 15.8. The second-order valence-electron chi connectivity index (χ2n) is 7.05. The maximum atomic E-state index is 13.3. The number of fused-ring (bicyclic) bond motifs is 1. The Morgan fingerprint density at radius 1 is 1.20 bits per heavy atom. The lowest BCUT2D eigenvalue weighted by atomic mass is 10.2. The van der Waals surface area contributed by atoms with Gasteiger partial charge in [0.15, 0.2) is 0 Å². The van der Waals surface area contributed by atoms with Crippen LogP contribution < -0.4 is 10.6 Å². The van der Waals surface area contributed by atoms with E-state index in [1.165, 1.54) is 18.2 Å². The lowest BCUT2D eigenvalue weighted by molar-refractivity contribution is -0.111. The van der Waals surface area contributed by atoms with Crippen molar-refractivity contribution < 1.29 is 14.0 Å². The van der Waals surface area contributed by atoms with Gasteiger partial charge in [0, 0.05) is 42.0 Å². The molecule has 0 spiro atoms. The number of rotatable bonds is 5. The molecule has 0 saturated carbocycles. The van der Waals surface area contributed by atoms with Crippen molar-refractivity contribution in [1.29, 1.82) is 0 Å². The Morgan fingerprint density at radius 2 is 2.00 bits per heavy atom. The number of likely N-dealkylation sites (tertiary alicyclic amines) is 1. The van der Waals surface area contributed by atoms with Gasteiger partial charge < -0.3 is 15.5 Å². The molecule has 0 unspecified atom stereocenters. The van der Waals surface area contributed by atoms with Gasteiger partial charge in [0.05, 0.1) is 5.52 Å². The molecule has 1 fully saturated rings. The number of hydrogen-bond acceptors (Lipinski definition) is 5. The monoisotopic (exact) mass is 405 g/mol. The van der Waals surface area contributed by atoms with E-state index < -0.39 is 0 Å². The summed E-state index contributed by atoms with van der Waals surface area (Å²) >= 11 is 0. The first-order chi connectivity index (χ1) is 14.5. The van der Waals surface area contributed by atoms with Gasteiger partial charge >= 0.3 is 0 Å². The van der Waals surface area contributed by atoms with Crippen LogP contribution in [-0.4, -0.2) is 45.8 Å². The quantitative estimate of drug-likeness (QED) is 0.637. The van der Waals surface area contributed by atoms with E-state index >= 15 is 0 Å². The van der Waals surface area contributed by atoms with Gasteiger partial charge in [0.2, 0.25) is 11.9 Å². The van der Waals surface area contributed by atoms with E-state index in [-0.39, 0.29) is 23.7 Å². The summed E-state index contributed by atoms with van der Waals surface area (Å²) in [5.74, 6) is -0.247. The molecule has 2 amide bonds. The number of hydrogen-bond donors (Lipinski definition) is 2. The van der Waals surface area contributed by atoms with Crippen LogP contribution in [0.15, 0.2) is 61.3 Å². The molecule has 2 heterocycles. The maximum absolute atomic E-state index is 13.3. The molecule has 0 aliphatic carbocycles. The number of benzene rings is 2. The number of halogens is 1. The molecule has 152 valence electrons. The van der Waals surface area contributed by atoms with Crippen LogP contribution >= 0.6 is 0 Å². The van der Waals surface area contributed by atoms with Crippen LogP contribution in [0.25, 0.3) is 10.9 Å². The highest BCUT2D eigenvalue weighted by molar-refractivity contribution is 5.99.